The van der Waals surface area contributed by atoms with Crippen LogP contribution in [0.5, 0.6) is 0 Å². The van der Waals surface area contributed by atoms with Crippen LogP contribution < -0.4 is 0 Å². The van der Waals surface area contributed by atoms with E-state index in [0.717, 1.165) is 6.54 Å². The van der Waals surface area contributed by atoms with Gasteiger partial charge in [-0.1, -0.05) is 30.2 Å². The molecule has 0 aromatic carbocycles. The molecule has 68 valence electrons. The quantitative estimate of drug-likeness (QED) is 0.621. The Kier molecular flexibility index (Phi) is 3.54. The highest BCUT2D eigenvalue weighted by molar-refractivity contribution is 5.28. The van der Waals surface area contributed by atoms with Gasteiger partial charge in [0, 0.05) is 6.54 Å². The van der Waals surface area contributed by atoms with Crippen molar-refractivity contribution in [1.82, 2.24) is 4.90 Å². The summed E-state index contributed by atoms with van der Waals surface area (Å²) in [5.41, 5.74) is 3.09. The van der Waals surface area contributed by atoms with E-state index in [-0.39, 0.29) is 0 Å². The van der Waals surface area contributed by atoms with Gasteiger partial charge in [0.2, 0.25) is 0 Å². The Morgan fingerprint density at radius 1 is 1.42 bits per heavy atom. The normalized spacial score (nSPS) is 17.7. The maximum Gasteiger partial charge on any atom is 0.0190 e. The highest BCUT2D eigenvalue weighted by Crippen LogP contribution is 2.19. The summed E-state index contributed by atoms with van der Waals surface area (Å²) < 4.78 is 0. The predicted octanol–water partition coefficient (Wildman–Crippen LogP) is 2.60. The third-order valence-electron chi connectivity index (χ3n) is 2.19. The van der Waals surface area contributed by atoms with E-state index in [0.29, 0.717) is 0 Å². The van der Waals surface area contributed by atoms with Gasteiger partial charge in [0.05, 0.1) is 0 Å². The molecule has 0 spiro atoms. The van der Waals surface area contributed by atoms with Crippen molar-refractivity contribution in [3.05, 3.63) is 23.3 Å². The minimum atomic E-state index is 1.12. The van der Waals surface area contributed by atoms with Gasteiger partial charge in [-0.3, -0.25) is 0 Å². The van der Waals surface area contributed by atoms with Crippen LogP contribution in [0.4, 0.5) is 0 Å². The zero-order valence-electron chi connectivity index (χ0n) is 8.43. The van der Waals surface area contributed by atoms with Gasteiger partial charge in [-0.25, -0.2) is 0 Å². The number of rotatable bonds is 3. The maximum atomic E-state index is 2.36. The molecule has 0 radical (unpaired) electrons. The molecule has 0 aromatic rings. The Balaban J connectivity index is 2.54. The minimum Gasteiger partial charge on any atom is -0.305 e. The highest BCUT2D eigenvalue weighted by atomic mass is 15.0. The highest BCUT2D eigenvalue weighted by Gasteiger charge is 2.04. The predicted molar refractivity (Wildman–Crippen MR) is 54.2 cm³/mol. The number of hydrogen-bond acceptors (Lipinski definition) is 1. The average Bonchev–Trinajstić information content (AvgIpc) is 2.03. The molecule has 1 aliphatic rings. The van der Waals surface area contributed by atoms with Gasteiger partial charge in [-0.05, 0) is 33.4 Å². The van der Waals surface area contributed by atoms with Crippen molar-refractivity contribution in [3.63, 3.8) is 0 Å². The third-order valence-corrected chi connectivity index (χ3v) is 2.19. The van der Waals surface area contributed by atoms with E-state index in [9.17, 15) is 0 Å². The zero-order valence-corrected chi connectivity index (χ0v) is 8.43. The van der Waals surface area contributed by atoms with E-state index < -0.39 is 0 Å². The van der Waals surface area contributed by atoms with Crippen LogP contribution in [0.15, 0.2) is 23.3 Å². The summed E-state index contributed by atoms with van der Waals surface area (Å²) in [4.78, 5) is 2.24. The van der Waals surface area contributed by atoms with Gasteiger partial charge in [0.15, 0.2) is 0 Å². The van der Waals surface area contributed by atoms with Crippen LogP contribution in [0.25, 0.3) is 0 Å². The second-order valence-electron chi connectivity index (χ2n) is 3.71. The fraction of sp³-hybridized carbons (Fsp3) is 0.636. The molecule has 0 saturated carbocycles. The van der Waals surface area contributed by atoms with Gasteiger partial charge < -0.3 is 4.90 Å². The largest absolute Gasteiger partial charge is 0.305 e. The smallest absolute Gasteiger partial charge is 0.0190 e. The molecular formula is C11H19N. The van der Waals surface area contributed by atoms with E-state index in [2.05, 4.69) is 38.1 Å². The van der Waals surface area contributed by atoms with Crippen LogP contribution in [-0.2, 0) is 0 Å². The lowest BCUT2D eigenvalue weighted by atomic mass is 9.98. The maximum absolute atomic E-state index is 2.36. The van der Waals surface area contributed by atoms with Crippen molar-refractivity contribution in [2.24, 2.45) is 0 Å². The van der Waals surface area contributed by atoms with Crippen LogP contribution in [-0.4, -0.2) is 25.5 Å². The van der Waals surface area contributed by atoms with E-state index in [1.165, 1.54) is 24.8 Å². The van der Waals surface area contributed by atoms with Crippen LogP contribution >= 0.6 is 0 Å². The summed E-state index contributed by atoms with van der Waals surface area (Å²) in [6.07, 6.45) is 8.39. The summed E-state index contributed by atoms with van der Waals surface area (Å²) in [5, 5.41) is 0. The second-order valence-corrected chi connectivity index (χ2v) is 3.71. The molecule has 0 heterocycles. The zero-order chi connectivity index (χ0) is 8.97. The standard InChI is InChI=1S/C11H19N/c1-4-10-6-5-7-11(8-10)9-12(2)3/h6,8H,4-5,7,9H2,1-3H3. The lowest BCUT2D eigenvalue weighted by molar-refractivity contribution is 0.438. The van der Waals surface area contributed by atoms with E-state index in [4.69, 9.17) is 0 Å². The molecule has 0 atom stereocenters. The van der Waals surface area contributed by atoms with Crippen molar-refractivity contribution in [2.75, 3.05) is 20.6 Å². The fourth-order valence-corrected chi connectivity index (χ4v) is 1.61. The average molecular weight is 165 g/mol. The lowest BCUT2D eigenvalue weighted by Crippen LogP contribution is -2.16. The summed E-state index contributed by atoms with van der Waals surface area (Å²) in [7, 11) is 4.26. The molecular weight excluding hydrogens is 146 g/mol. The van der Waals surface area contributed by atoms with Gasteiger partial charge in [0.25, 0.3) is 0 Å². The van der Waals surface area contributed by atoms with Crippen LogP contribution in [0, 0.1) is 0 Å². The van der Waals surface area contributed by atoms with E-state index >= 15 is 0 Å². The summed E-state index contributed by atoms with van der Waals surface area (Å²) >= 11 is 0. The van der Waals surface area contributed by atoms with Crippen LogP contribution in [0.3, 0.4) is 0 Å². The van der Waals surface area contributed by atoms with Gasteiger partial charge in [-0.2, -0.15) is 0 Å². The van der Waals surface area contributed by atoms with Crippen molar-refractivity contribution >= 4 is 0 Å². The summed E-state index contributed by atoms with van der Waals surface area (Å²) in [6.45, 7) is 3.35. The van der Waals surface area contributed by atoms with Gasteiger partial charge in [-0.15, -0.1) is 0 Å². The molecule has 0 N–H and O–H groups in total. The summed E-state index contributed by atoms with van der Waals surface area (Å²) in [5.74, 6) is 0. The molecule has 12 heavy (non-hydrogen) atoms. The molecule has 1 aliphatic carbocycles. The third kappa shape index (κ3) is 2.82. The number of likely N-dealkylation sites (N-methyl/N-ethyl adjacent to an activating group) is 1. The Labute approximate surface area is 75.8 Å². The Morgan fingerprint density at radius 2 is 2.17 bits per heavy atom. The van der Waals surface area contributed by atoms with Gasteiger partial charge >= 0.3 is 0 Å². The number of allylic oxidation sites excluding steroid dienone is 3. The first-order chi connectivity index (χ1) is 5.72. The van der Waals surface area contributed by atoms with Crippen molar-refractivity contribution < 1.29 is 0 Å². The molecule has 1 nitrogen and oxygen atoms in total. The Hall–Kier alpha value is -0.560. The SMILES string of the molecule is CCC1=CCCC(CN(C)C)=C1. The number of nitrogens with zero attached hydrogens (tertiary/aromatic N) is 1. The molecule has 0 aromatic heterocycles. The molecule has 0 saturated heterocycles. The molecule has 0 amide bonds. The fourth-order valence-electron chi connectivity index (χ4n) is 1.61. The summed E-state index contributed by atoms with van der Waals surface area (Å²) in [6, 6.07) is 0. The van der Waals surface area contributed by atoms with Crippen LogP contribution in [0.2, 0.25) is 0 Å². The lowest BCUT2D eigenvalue weighted by Gasteiger charge is -2.16. The molecule has 0 unspecified atom stereocenters. The van der Waals surface area contributed by atoms with E-state index in [1.807, 2.05) is 0 Å². The van der Waals surface area contributed by atoms with Crippen molar-refractivity contribution in [1.29, 1.82) is 0 Å². The Bertz CT molecular complexity index is 199. The molecule has 1 rings (SSSR count). The topological polar surface area (TPSA) is 3.24 Å². The molecule has 0 bridgehead atoms. The first-order valence-corrected chi connectivity index (χ1v) is 4.75. The van der Waals surface area contributed by atoms with Crippen molar-refractivity contribution in [3.8, 4) is 0 Å². The minimum absolute atomic E-state index is 1.12. The molecule has 1 heteroatoms. The monoisotopic (exact) mass is 165 g/mol. The second kappa shape index (κ2) is 4.46. The Morgan fingerprint density at radius 3 is 2.75 bits per heavy atom. The van der Waals surface area contributed by atoms with Crippen LogP contribution in [0.1, 0.15) is 26.2 Å². The van der Waals surface area contributed by atoms with Gasteiger partial charge in [0.1, 0.15) is 0 Å². The first kappa shape index (κ1) is 9.53. The van der Waals surface area contributed by atoms with E-state index in [1.54, 1.807) is 5.57 Å². The first-order valence-electron chi connectivity index (χ1n) is 4.75. The van der Waals surface area contributed by atoms with Crippen molar-refractivity contribution in [2.45, 2.75) is 26.2 Å². The molecule has 0 aliphatic heterocycles. The number of hydrogen-bond donors (Lipinski definition) is 0. The molecule has 0 fully saturated rings.